The van der Waals surface area contributed by atoms with Gasteiger partial charge < -0.3 is 28.6 Å². The fourth-order valence-electron chi connectivity index (χ4n) is 6.05. The molecule has 2 aliphatic heterocycles. The molecule has 4 heterocycles. The maximum atomic E-state index is 14.0. The van der Waals surface area contributed by atoms with Gasteiger partial charge in [-0.1, -0.05) is 35.4 Å². The minimum Gasteiger partial charge on any atom is -0.481 e. The van der Waals surface area contributed by atoms with Crippen LogP contribution in [0.3, 0.4) is 0 Å². The third kappa shape index (κ3) is 7.75. The summed E-state index contributed by atoms with van der Waals surface area (Å²) in [6, 6.07) is 6.86. The summed E-state index contributed by atoms with van der Waals surface area (Å²) in [4.78, 5) is 68.4. The van der Waals surface area contributed by atoms with Crippen LogP contribution in [-0.2, 0) is 53.8 Å². The number of hydrogen-bond acceptors (Lipinski definition) is 12. The summed E-state index contributed by atoms with van der Waals surface area (Å²) in [7, 11) is 3.10. The Morgan fingerprint density at radius 1 is 1.04 bits per heavy atom. The SMILES string of the molecule is CCc1c2c(nc3ccc(OC(=O)OC(C)(C)C)cc13)-c1cc3c(c(=O)n1C2)COC(=O)[C@@]3(CC)OC(=O)CCCSSCCCC(=O)O. The number of benzene rings is 1. The monoisotopic (exact) mass is 712 g/mol. The molecule has 49 heavy (non-hydrogen) atoms. The van der Waals surface area contributed by atoms with E-state index in [-0.39, 0.29) is 43.5 Å². The van der Waals surface area contributed by atoms with Gasteiger partial charge >= 0.3 is 24.1 Å². The van der Waals surface area contributed by atoms with Crippen LogP contribution < -0.4 is 10.3 Å². The molecule has 0 fully saturated rings. The first kappa shape index (κ1) is 36.2. The fourth-order valence-corrected chi connectivity index (χ4v) is 8.23. The van der Waals surface area contributed by atoms with Crippen LogP contribution in [0.1, 0.15) is 89.0 Å². The fraction of sp³-hybridized carbons (Fsp3) is 0.486. The molecule has 2 aliphatic rings. The number of carboxylic acid groups (broad SMARTS) is 1. The highest BCUT2D eigenvalue weighted by atomic mass is 33.1. The number of ether oxygens (including phenoxy) is 4. The maximum absolute atomic E-state index is 14.0. The van der Waals surface area contributed by atoms with Crippen LogP contribution in [0.25, 0.3) is 22.3 Å². The molecule has 0 radical (unpaired) electrons. The van der Waals surface area contributed by atoms with Crippen molar-refractivity contribution < 1.29 is 43.2 Å². The average molecular weight is 713 g/mol. The van der Waals surface area contributed by atoms with E-state index in [0.29, 0.717) is 59.0 Å². The molecule has 0 unspecified atom stereocenters. The maximum Gasteiger partial charge on any atom is 0.514 e. The van der Waals surface area contributed by atoms with Crippen LogP contribution >= 0.6 is 21.6 Å². The van der Waals surface area contributed by atoms with Crippen molar-refractivity contribution in [1.82, 2.24) is 9.55 Å². The van der Waals surface area contributed by atoms with Gasteiger partial charge in [0.1, 0.15) is 18.0 Å². The molecular formula is C35H40N2O10S2. The predicted octanol–water partition coefficient (Wildman–Crippen LogP) is 6.53. The molecular weight excluding hydrogens is 673 g/mol. The molecule has 1 atom stereocenters. The molecule has 0 spiro atoms. The van der Waals surface area contributed by atoms with Gasteiger partial charge in [0.15, 0.2) is 0 Å². The van der Waals surface area contributed by atoms with Crippen molar-refractivity contribution in [2.24, 2.45) is 0 Å². The second kappa shape index (κ2) is 14.8. The number of aromatic nitrogens is 2. The number of aryl methyl sites for hydroxylation is 1. The van der Waals surface area contributed by atoms with Crippen LogP contribution in [0.5, 0.6) is 5.75 Å². The molecule has 12 nitrogen and oxygen atoms in total. The van der Waals surface area contributed by atoms with E-state index in [1.807, 2.05) is 6.92 Å². The van der Waals surface area contributed by atoms with Gasteiger partial charge in [0.2, 0.25) is 5.60 Å². The molecule has 2 aromatic heterocycles. The van der Waals surface area contributed by atoms with Crippen molar-refractivity contribution in [2.75, 3.05) is 11.5 Å². The van der Waals surface area contributed by atoms with Gasteiger partial charge in [-0.3, -0.25) is 14.4 Å². The molecule has 0 aliphatic carbocycles. The van der Waals surface area contributed by atoms with Crippen LogP contribution in [0.4, 0.5) is 4.79 Å². The Hall–Kier alpha value is -4.04. The van der Waals surface area contributed by atoms with Gasteiger partial charge in [-0.2, -0.15) is 0 Å². The standard InChI is InChI=1S/C35H40N2O10S2/c1-6-21-22-16-20(45-33(43)47-34(3,4)5)12-13-26(22)36-30-23(21)18-37-27(30)17-25-24(31(37)41)19-44-32(42)35(25,7-2)46-29(40)11-9-15-49-48-14-8-10-28(38)39/h12-13,16-17H,6-11,14-15,18-19H2,1-5H3,(H,38,39)/t35-/m0/s1. The molecule has 0 saturated carbocycles. The highest BCUT2D eigenvalue weighted by molar-refractivity contribution is 8.76. The van der Waals surface area contributed by atoms with Crippen molar-refractivity contribution >= 4 is 56.6 Å². The minimum absolute atomic E-state index is 0.0623. The van der Waals surface area contributed by atoms with E-state index in [1.54, 1.807) is 78.1 Å². The number of esters is 2. The van der Waals surface area contributed by atoms with E-state index >= 15 is 0 Å². The molecule has 0 amide bonds. The molecule has 3 aromatic rings. The zero-order valence-electron chi connectivity index (χ0n) is 28.2. The number of rotatable bonds is 13. The highest BCUT2D eigenvalue weighted by Gasteiger charge is 2.50. The Labute approximate surface area is 291 Å². The number of carbonyl (C=O) groups excluding carboxylic acids is 3. The summed E-state index contributed by atoms with van der Waals surface area (Å²) >= 11 is 0. The van der Waals surface area contributed by atoms with Gasteiger partial charge in [0.25, 0.3) is 5.56 Å². The molecule has 14 heteroatoms. The Morgan fingerprint density at radius 3 is 2.41 bits per heavy atom. The number of carboxylic acids is 1. The van der Waals surface area contributed by atoms with Crippen molar-refractivity contribution in [3.05, 3.63) is 56.9 Å². The number of hydrogen-bond donors (Lipinski definition) is 1. The van der Waals surface area contributed by atoms with Gasteiger partial charge in [-0.05, 0) is 76.3 Å². The first-order valence-corrected chi connectivity index (χ1v) is 18.8. The first-order chi connectivity index (χ1) is 23.3. The van der Waals surface area contributed by atoms with E-state index in [4.69, 9.17) is 29.0 Å². The number of carbonyl (C=O) groups is 4. The summed E-state index contributed by atoms with van der Waals surface area (Å²) < 4.78 is 23.7. The number of cyclic esters (lactones) is 1. The van der Waals surface area contributed by atoms with E-state index in [0.717, 1.165) is 16.5 Å². The minimum atomic E-state index is -1.78. The zero-order valence-corrected chi connectivity index (χ0v) is 29.8. The van der Waals surface area contributed by atoms with Gasteiger partial charge in [0, 0.05) is 40.9 Å². The van der Waals surface area contributed by atoms with E-state index in [9.17, 15) is 24.0 Å². The van der Waals surface area contributed by atoms with Crippen molar-refractivity contribution in [3.8, 4) is 17.1 Å². The molecule has 262 valence electrons. The Balaban J connectivity index is 1.42. The summed E-state index contributed by atoms with van der Waals surface area (Å²) in [6.07, 6.45) is 1.11. The smallest absolute Gasteiger partial charge is 0.481 e. The normalized spacial score (nSPS) is 16.4. The average Bonchev–Trinajstić information content (AvgIpc) is 3.40. The van der Waals surface area contributed by atoms with Gasteiger partial charge in [-0.15, -0.1) is 0 Å². The number of nitrogens with zero attached hydrogens (tertiary/aromatic N) is 2. The largest absolute Gasteiger partial charge is 0.514 e. The number of aliphatic carboxylic acids is 1. The van der Waals surface area contributed by atoms with E-state index in [2.05, 4.69) is 0 Å². The molecule has 5 rings (SSSR count). The summed E-state index contributed by atoms with van der Waals surface area (Å²) in [5.74, 6) is -0.478. The number of fused-ring (bicyclic) bond motifs is 5. The Bertz CT molecular complexity index is 1870. The van der Waals surface area contributed by atoms with Gasteiger partial charge in [0.05, 0.1) is 29.0 Å². The van der Waals surface area contributed by atoms with E-state index in [1.165, 1.54) is 0 Å². The highest BCUT2D eigenvalue weighted by Crippen LogP contribution is 2.42. The summed E-state index contributed by atoms with van der Waals surface area (Å²) in [6.45, 7) is 8.98. The van der Waals surface area contributed by atoms with Crippen LogP contribution in [0.2, 0.25) is 0 Å². The summed E-state index contributed by atoms with van der Waals surface area (Å²) in [5, 5.41) is 9.53. The van der Waals surface area contributed by atoms with Crippen LogP contribution in [0, 0.1) is 0 Å². The lowest BCUT2D eigenvalue weighted by atomic mass is 9.85. The van der Waals surface area contributed by atoms with E-state index < -0.39 is 35.3 Å². The first-order valence-electron chi connectivity index (χ1n) is 16.3. The molecule has 1 aromatic carbocycles. The molecule has 0 bridgehead atoms. The quantitative estimate of drug-likeness (QED) is 0.0524. The lowest BCUT2D eigenvalue weighted by molar-refractivity contribution is -0.189. The third-order valence-electron chi connectivity index (χ3n) is 8.29. The lowest BCUT2D eigenvalue weighted by Gasteiger charge is -2.35. The topological polar surface area (TPSA) is 160 Å². The van der Waals surface area contributed by atoms with Crippen molar-refractivity contribution in [2.45, 2.75) is 97.5 Å². The van der Waals surface area contributed by atoms with Crippen LogP contribution in [0.15, 0.2) is 29.1 Å². The molecule has 0 saturated heterocycles. The lowest BCUT2D eigenvalue weighted by Crippen LogP contribution is -2.47. The predicted molar refractivity (Wildman–Crippen MR) is 186 cm³/mol. The van der Waals surface area contributed by atoms with Crippen molar-refractivity contribution in [1.29, 1.82) is 0 Å². The third-order valence-corrected chi connectivity index (χ3v) is 10.9. The van der Waals surface area contributed by atoms with Crippen molar-refractivity contribution in [3.63, 3.8) is 0 Å². The Kier molecular flexibility index (Phi) is 11.0. The second-order valence-electron chi connectivity index (χ2n) is 12.8. The Morgan fingerprint density at radius 2 is 1.76 bits per heavy atom. The van der Waals surface area contributed by atoms with Gasteiger partial charge in [-0.25, -0.2) is 14.6 Å². The van der Waals surface area contributed by atoms with Crippen LogP contribution in [-0.4, -0.2) is 55.8 Å². The molecule has 1 N–H and O–H groups in total. The second-order valence-corrected chi connectivity index (χ2v) is 15.5. The zero-order chi connectivity index (χ0) is 35.5. The summed E-state index contributed by atoms with van der Waals surface area (Å²) in [5.41, 5.74) is 1.27. The number of pyridine rings is 2.